The molecular weight excluding hydrogens is 312 g/mol. The SMILES string of the molecule is CC(C)(C)[C@H]1CN(c2cccc(-c3[nH]nc4ncccc34)n2)CCN1.[HH]. The molecule has 1 fully saturated rings. The summed E-state index contributed by atoms with van der Waals surface area (Å²) in [7, 11) is 0. The van der Waals surface area contributed by atoms with Crippen molar-refractivity contribution in [2.24, 2.45) is 5.41 Å². The zero-order valence-corrected chi connectivity index (χ0v) is 15.0. The van der Waals surface area contributed by atoms with Gasteiger partial charge in [-0.25, -0.2) is 9.97 Å². The van der Waals surface area contributed by atoms with Gasteiger partial charge in [0.2, 0.25) is 0 Å². The minimum absolute atomic E-state index is 0. The van der Waals surface area contributed by atoms with Crippen LogP contribution in [-0.4, -0.2) is 45.8 Å². The molecule has 1 atom stereocenters. The zero-order valence-electron chi connectivity index (χ0n) is 15.0. The molecule has 0 aliphatic carbocycles. The second kappa shape index (κ2) is 6.11. The molecule has 132 valence electrons. The van der Waals surface area contributed by atoms with Crippen molar-refractivity contribution < 1.29 is 1.43 Å². The van der Waals surface area contributed by atoms with Crippen LogP contribution in [0.2, 0.25) is 0 Å². The van der Waals surface area contributed by atoms with Crippen molar-refractivity contribution in [1.29, 1.82) is 0 Å². The van der Waals surface area contributed by atoms with E-state index in [2.05, 4.69) is 58.3 Å². The smallest absolute Gasteiger partial charge is 0.181 e. The highest BCUT2D eigenvalue weighted by molar-refractivity contribution is 5.89. The summed E-state index contributed by atoms with van der Waals surface area (Å²) in [4.78, 5) is 11.6. The summed E-state index contributed by atoms with van der Waals surface area (Å²) in [6.07, 6.45) is 1.75. The number of rotatable bonds is 2. The second-order valence-electron chi connectivity index (χ2n) is 7.67. The molecule has 1 aliphatic heterocycles. The molecular formula is C19H26N6. The van der Waals surface area contributed by atoms with Crippen LogP contribution in [0, 0.1) is 5.41 Å². The Morgan fingerprint density at radius 3 is 2.92 bits per heavy atom. The Bertz CT molecular complexity index is 885. The van der Waals surface area contributed by atoms with Gasteiger partial charge >= 0.3 is 0 Å². The van der Waals surface area contributed by atoms with Gasteiger partial charge in [-0.2, -0.15) is 5.10 Å². The van der Waals surface area contributed by atoms with Gasteiger partial charge in [0, 0.05) is 38.7 Å². The highest BCUT2D eigenvalue weighted by Crippen LogP contribution is 2.27. The predicted molar refractivity (Wildman–Crippen MR) is 103 cm³/mol. The number of aromatic amines is 1. The fourth-order valence-corrected chi connectivity index (χ4v) is 3.32. The van der Waals surface area contributed by atoms with Gasteiger partial charge < -0.3 is 10.2 Å². The molecule has 1 aliphatic rings. The number of nitrogens with one attached hydrogen (secondary N) is 2. The molecule has 0 spiro atoms. The summed E-state index contributed by atoms with van der Waals surface area (Å²) < 4.78 is 0. The Labute approximate surface area is 149 Å². The first-order valence-electron chi connectivity index (χ1n) is 8.77. The van der Waals surface area contributed by atoms with Crippen molar-refractivity contribution in [2.45, 2.75) is 26.8 Å². The molecule has 3 aromatic rings. The largest absolute Gasteiger partial charge is 0.354 e. The van der Waals surface area contributed by atoms with Gasteiger partial charge in [-0.3, -0.25) is 5.10 Å². The van der Waals surface area contributed by atoms with Crippen LogP contribution in [0.15, 0.2) is 36.5 Å². The quantitative estimate of drug-likeness (QED) is 0.751. The van der Waals surface area contributed by atoms with Gasteiger partial charge in [-0.05, 0) is 29.7 Å². The van der Waals surface area contributed by atoms with E-state index in [0.717, 1.165) is 47.9 Å². The minimum Gasteiger partial charge on any atom is -0.354 e. The lowest BCUT2D eigenvalue weighted by atomic mass is 9.85. The third-order valence-electron chi connectivity index (χ3n) is 4.86. The van der Waals surface area contributed by atoms with Gasteiger partial charge in [0.1, 0.15) is 5.82 Å². The second-order valence-corrected chi connectivity index (χ2v) is 7.67. The number of pyridine rings is 2. The Kier molecular flexibility index (Phi) is 3.92. The zero-order chi connectivity index (χ0) is 17.4. The molecule has 6 heteroatoms. The van der Waals surface area contributed by atoms with Crippen molar-refractivity contribution in [2.75, 3.05) is 24.5 Å². The van der Waals surface area contributed by atoms with E-state index in [-0.39, 0.29) is 6.84 Å². The fraction of sp³-hybridized carbons (Fsp3) is 0.421. The molecule has 4 heterocycles. The van der Waals surface area contributed by atoms with Crippen molar-refractivity contribution in [3.8, 4) is 11.4 Å². The van der Waals surface area contributed by atoms with E-state index in [9.17, 15) is 0 Å². The van der Waals surface area contributed by atoms with Crippen molar-refractivity contribution in [3.05, 3.63) is 36.5 Å². The molecule has 0 amide bonds. The predicted octanol–water partition coefficient (Wildman–Crippen LogP) is 3.09. The highest BCUT2D eigenvalue weighted by Gasteiger charge is 2.29. The summed E-state index contributed by atoms with van der Waals surface area (Å²) >= 11 is 0. The van der Waals surface area contributed by atoms with E-state index in [1.54, 1.807) is 6.20 Å². The normalized spacial score (nSPS) is 18.7. The molecule has 2 N–H and O–H groups in total. The maximum absolute atomic E-state index is 4.90. The van der Waals surface area contributed by atoms with Gasteiger partial charge in [-0.1, -0.05) is 26.8 Å². The maximum atomic E-state index is 4.90. The first-order valence-corrected chi connectivity index (χ1v) is 8.77. The maximum Gasteiger partial charge on any atom is 0.181 e. The van der Waals surface area contributed by atoms with E-state index in [4.69, 9.17) is 4.98 Å². The number of H-pyrrole nitrogens is 1. The van der Waals surface area contributed by atoms with Crippen LogP contribution < -0.4 is 10.2 Å². The Morgan fingerprint density at radius 1 is 1.20 bits per heavy atom. The van der Waals surface area contributed by atoms with Crippen molar-refractivity contribution in [1.82, 2.24) is 25.5 Å². The number of hydrogen-bond donors (Lipinski definition) is 2. The van der Waals surface area contributed by atoms with Crippen LogP contribution in [0.25, 0.3) is 22.4 Å². The molecule has 0 aromatic carbocycles. The van der Waals surface area contributed by atoms with E-state index in [1.165, 1.54) is 0 Å². The van der Waals surface area contributed by atoms with E-state index < -0.39 is 0 Å². The third kappa shape index (κ3) is 3.09. The monoisotopic (exact) mass is 338 g/mol. The van der Waals surface area contributed by atoms with Gasteiger partial charge in [0.25, 0.3) is 0 Å². The average Bonchev–Trinajstić information content (AvgIpc) is 3.05. The molecule has 0 unspecified atom stereocenters. The van der Waals surface area contributed by atoms with Gasteiger partial charge in [0.15, 0.2) is 5.65 Å². The number of piperazine rings is 1. The highest BCUT2D eigenvalue weighted by atomic mass is 15.2. The van der Waals surface area contributed by atoms with E-state index in [1.807, 2.05) is 18.2 Å². The van der Waals surface area contributed by atoms with Crippen LogP contribution >= 0.6 is 0 Å². The Hall–Kier alpha value is -2.47. The average molecular weight is 338 g/mol. The van der Waals surface area contributed by atoms with Crippen molar-refractivity contribution >= 4 is 16.9 Å². The number of hydrogen-bond acceptors (Lipinski definition) is 5. The van der Waals surface area contributed by atoms with Gasteiger partial charge in [-0.15, -0.1) is 0 Å². The third-order valence-corrected chi connectivity index (χ3v) is 4.86. The molecule has 4 rings (SSSR count). The first-order chi connectivity index (χ1) is 12.0. The van der Waals surface area contributed by atoms with Crippen LogP contribution in [0.3, 0.4) is 0 Å². The number of aromatic nitrogens is 4. The summed E-state index contributed by atoms with van der Waals surface area (Å²) in [5.74, 6) is 1.01. The molecule has 1 saturated heterocycles. The lowest BCUT2D eigenvalue weighted by molar-refractivity contribution is 0.253. The summed E-state index contributed by atoms with van der Waals surface area (Å²) in [6, 6.07) is 10.6. The summed E-state index contributed by atoms with van der Waals surface area (Å²) in [5.41, 5.74) is 2.77. The molecule has 3 aromatic heterocycles. The van der Waals surface area contributed by atoms with Crippen LogP contribution in [0.4, 0.5) is 5.82 Å². The number of anilines is 1. The Balaban J connectivity index is 0.00000196. The number of nitrogens with zero attached hydrogens (tertiary/aromatic N) is 4. The van der Waals surface area contributed by atoms with E-state index in [0.29, 0.717) is 6.04 Å². The first kappa shape index (κ1) is 16.0. The summed E-state index contributed by atoms with van der Waals surface area (Å²) in [6.45, 7) is 9.75. The standard InChI is InChI=1S/C19H24N6.H2/c1-19(2,3)15-12-25(11-10-20-15)16-8-4-7-14(22-16)17-13-6-5-9-21-18(13)24-23-17;/h4-9,15,20H,10-12H2,1-3H3,(H,21,23,24);1H/t15-;/m1./s1. The fourth-order valence-electron chi connectivity index (χ4n) is 3.32. The molecule has 25 heavy (non-hydrogen) atoms. The minimum atomic E-state index is 0. The Morgan fingerprint density at radius 2 is 2.08 bits per heavy atom. The van der Waals surface area contributed by atoms with Gasteiger partial charge in [0.05, 0.1) is 11.4 Å². The van der Waals surface area contributed by atoms with E-state index >= 15 is 0 Å². The summed E-state index contributed by atoms with van der Waals surface area (Å²) in [5, 5.41) is 12.0. The molecule has 0 saturated carbocycles. The van der Waals surface area contributed by atoms with Crippen molar-refractivity contribution in [3.63, 3.8) is 0 Å². The molecule has 6 nitrogen and oxygen atoms in total. The topological polar surface area (TPSA) is 69.7 Å². The molecule has 0 bridgehead atoms. The lowest BCUT2D eigenvalue weighted by Gasteiger charge is -2.41. The molecule has 0 radical (unpaired) electrons. The van der Waals surface area contributed by atoms with Crippen LogP contribution in [-0.2, 0) is 0 Å². The van der Waals surface area contributed by atoms with Crippen LogP contribution in [0.1, 0.15) is 22.2 Å². The number of fused-ring (bicyclic) bond motifs is 1. The lowest BCUT2D eigenvalue weighted by Crippen LogP contribution is -2.56. The van der Waals surface area contributed by atoms with Crippen LogP contribution in [0.5, 0.6) is 0 Å².